The molecule has 88 valence electrons. The topological polar surface area (TPSA) is 46.5 Å². The molecule has 0 aliphatic rings. The molecule has 1 N–H and O–H groups in total. The van der Waals surface area contributed by atoms with Gasteiger partial charge in [-0.1, -0.05) is 24.3 Å². The molecular weight excluding hydrogens is 216 g/mol. The first-order valence-corrected chi connectivity index (χ1v) is 5.13. The fraction of sp³-hybridized carbons (Fsp3) is 0.214. The fourth-order valence-electron chi connectivity index (χ4n) is 1.69. The number of methoxy groups -OCH3 is 1. The van der Waals surface area contributed by atoms with Crippen LogP contribution in [0, 0.1) is 0 Å². The minimum Gasteiger partial charge on any atom is -0.497 e. The van der Waals surface area contributed by atoms with Gasteiger partial charge in [0, 0.05) is 4.11 Å². The summed E-state index contributed by atoms with van der Waals surface area (Å²) >= 11 is 0. The Hall–Kier alpha value is -2.03. The highest BCUT2D eigenvalue weighted by atomic mass is 16.5. The number of benzene rings is 2. The summed E-state index contributed by atoms with van der Waals surface area (Å²) in [5.41, 5.74) is 0.273. The lowest BCUT2D eigenvalue weighted by Gasteiger charge is -2.08. The summed E-state index contributed by atoms with van der Waals surface area (Å²) in [6, 6.07) is 10.2. The summed E-state index contributed by atoms with van der Waals surface area (Å²) < 4.78 is 27.2. The zero-order valence-corrected chi connectivity index (χ0v) is 9.31. The zero-order chi connectivity index (χ0) is 14.9. The van der Waals surface area contributed by atoms with Crippen LogP contribution < -0.4 is 4.74 Å². The molecule has 0 bridgehead atoms. The molecule has 1 atom stereocenters. The van der Waals surface area contributed by atoms with Gasteiger partial charge in [0.05, 0.1) is 13.0 Å². The van der Waals surface area contributed by atoms with Gasteiger partial charge in [0.1, 0.15) is 5.75 Å². The van der Waals surface area contributed by atoms with Crippen LogP contribution >= 0.6 is 0 Å². The maximum atomic E-state index is 11.2. The lowest BCUT2D eigenvalue weighted by Crippen LogP contribution is -2.06. The van der Waals surface area contributed by atoms with Gasteiger partial charge in [-0.3, -0.25) is 4.79 Å². The van der Waals surface area contributed by atoms with E-state index in [4.69, 9.17) is 14.0 Å². The molecule has 0 amide bonds. The normalized spacial score (nSPS) is 15.7. The van der Waals surface area contributed by atoms with Crippen molar-refractivity contribution < 1.29 is 18.8 Å². The highest BCUT2D eigenvalue weighted by molar-refractivity contribution is 5.86. The Labute approximate surface area is 104 Å². The van der Waals surface area contributed by atoms with Crippen molar-refractivity contribution in [3.8, 4) is 5.75 Å². The zero-order valence-electron chi connectivity index (χ0n) is 12.3. The molecule has 0 heterocycles. The van der Waals surface area contributed by atoms with Crippen LogP contribution in [0.1, 0.15) is 22.4 Å². The maximum Gasteiger partial charge on any atom is 0.310 e. The number of rotatable bonds is 3. The van der Waals surface area contributed by atoms with Crippen LogP contribution in [0.2, 0.25) is 0 Å². The van der Waals surface area contributed by atoms with Gasteiger partial charge < -0.3 is 9.84 Å². The van der Waals surface area contributed by atoms with E-state index < -0.39 is 18.7 Å². The molecule has 0 fully saturated rings. The van der Waals surface area contributed by atoms with Crippen molar-refractivity contribution in [3.63, 3.8) is 0 Å². The second kappa shape index (κ2) is 4.45. The van der Waals surface area contributed by atoms with Gasteiger partial charge in [0.2, 0.25) is 0 Å². The van der Waals surface area contributed by atoms with Gasteiger partial charge in [0.15, 0.2) is 0 Å². The van der Waals surface area contributed by atoms with Crippen molar-refractivity contribution >= 4 is 16.7 Å². The van der Waals surface area contributed by atoms with Crippen molar-refractivity contribution in [3.05, 3.63) is 42.0 Å². The number of carboxylic acid groups (broad SMARTS) is 1. The molecule has 0 unspecified atom stereocenters. The molecule has 0 aromatic heterocycles. The van der Waals surface area contributed by atoms with Crippen LogP contribution in [0.15, 0.2) is 36.4 Å². The second-order valence-corrected chi connectivity index (χ2v) is 3.74. The van der Waals surface area contributed by atoms with Crippen LogP contribution in [0.4, 0.5) is 0 Å². The molecule has 2 aromatic carbocycles. The van der Waals surface area contributed by atoms with Crippen molar-refractivity contribution in [2.75, 3.05) is 7.11 Å². The summed E-state index contributed by atoms with van der Waals surface area (Å²) in [5, 5.41) is 10.8. The number of hydrogen-bond acceptors (Lipinski definition) is 2. The van der Waals surface area contributed by atoms with Gasteiger partial charge in [-0.2, -0.15) is 0 Å². The SMILES string of the molecule is [2H]C([2H])([2H])[C@H](C(=O)O)c1ccc2cc(OC)ccc2c1. The summed E-state index contributed by atoms with van der Waals surface area (Å²) in [6.45, 7) is -2.58. The number of aliphatic carboxylic acids is 1. The summed E-state index contributed by atoms with van der Waals surface area (Å²) in [5.74, 6) is -2.18. The monoisotopic (exact) mass is 233 g/mol. The molecule has 17 heavy (non-hydrogen) atoms. The molecule has 0 aliphatic heterocycles. The van der Waals surface area contributed by atoms with Crippen LogP contribution in [0.25, 0.3) is 10.8 Å². The summed E-state index contributed by atoms with van der Waals surface area (Å²) in [6.07, 6.45) is 0. The number of ether oxygens (including phenoxy) is 1. The van der Waals surface area contributed by atoms with E-state index in [2.05, 4.69) is 0 Å². The molecule has 0 spiro atoms. The molecule has 2 rings (SSSR count). The number of carboxylic acids is 1. The Kier molecular flexibility index (Phi) is 2.13. The smallest absolute Gasteiger partial charge is 0.310 e. The van der Waals surface area contributed by atoms with E-state index in [-0.39, 0.29) is 5.56 Å². The Morgan fingerprint density at radius 3 is 2.65 bits per heavy atom. The highest BCUT2D eigenvalue weighted by Gasteiger charge is 2.13. The average Bonchev–Trinajstić information content (AvgIpc) is 2.36. The van der Waals surface area contributed by atoms with Crippen molar-refractivity contribution in [2.45, 2.75) is 12.8 Å². The van der Waals surface area contributed by atoms with Crippen molar-refractivity contribution in [1.82, 2.24) is 0 Å². The molecule has 2 aromatic rings. The van der Waals surface area contributed by atoms with E-state index in [1.165, 1.54) is 6.07 Å². The van der Waals surface area contributed by atoms with Crippen LogP contribution in [-0.2, 0) is 4.79 Å². The number of fused-ring (bicyclic) bond motifs is 1. The van der Waals surface area contributed by atoms with Gasteiger partial charge in [-0.05, 0) is 35.3 Å². The average molecular weight is 233 g/mol. The van der Waals surface area contributed by atoms with Gasteiger partial charge in [-0.25, -0.2) is 0 Å². The Balaban J connectivity index is 2.53. The Morgan fingerprint density at radius 2 is 2.00 bits per heavy atom. The van der Waals surface area contributed by atoms with E-state index in [0.717, 1.165) is 10.8 Å². The van der Waals surface area contributed by atoms with E-state index in [1.54, 1.807) is 31.4 Å². The third-order valence-corrected chi connectivity index (χ3v) is 2.65. The molecule has 0 saturated heterocycles. The third-order valence-electron chi connectivity index (χ3n) is 2.65. The second-order valence-electron chi connectivity index (χ2n) is 3.74. The lowest BCUT2D eigenvalue weighted by atomic mass is 9.98. The quantitative estimate of drug-likeness (QED) is 0.886. The number of hydrogen-bond donors (Lipinski definition) is 1. The predicted octanol–water partition coefficient (Wildman–Crippen LogP) is 3.04. The minimum atomic E-state index is -2.58. The van der Waals surface area contributed by atoms with E-state index >= 15 is 0 Å². The molecule has 0 saturated carbocycles. The third kappa shape index (κ3) is 2.23. The maximum absolute atomic E-state index is 11.2. The van der Waals surface area contributed by atoms with Gasteiger partial charge in [-0.15, -0.1) is 0 Å². The van der Waals surface area contributed by atoms with Crippen LogP contribution in [0.5, 0.6) is 5.75 Å². The number of carbonyl (C=O) groups is 1. The van der Waals surface area contributed by atoms with Gasteiger partial charge in [0.25, 0.3) is 0 Å². The minimum absolute atomic E-state index is 0.273. The first-order valence-electron chi connectivity index (χ1n) is 6.63. The van der Waals surface area contributed by atoms with Crippen molar-refractivity contribution in [2.24, 2.45) is 0 Å². The lowest BCUT2D eigenvalue weighted by molar-refractivity contribution is -0.138. The van der Waals surface area contributed by atoms with E-state index in [1.807, 2.05) is 6.07 Å². The van der Waals surface area contributed by atoms with Crippen LogP contribution in [0.3, 0.4) is 0 Å². The first kappa shape index (κ1) is 8.12. The molecule has 0 radical (unpaired) electrons. The Morgan fingerprint density at radius 1 is 1.29 bits per heavy atom. The molecule has 3 nitrogen and oxygen atoms in total. The predicted molar refractivity (Wildman–Crippen MR) is 66.6 cm³/mol. The summed E-state index contributed by atoms with van der Waals surface area (Å²) in [4.78, 5) is 11.2. The standard InChI is InChI=1S/C14H14O3/c1-9(14(15)16)10-3-4-12-8-13(17-2)6-5-11(12)7-10/h3-9H,1-2H3,(H,15,16)/t9-/m0/s1/i1D3. The Bertz CT molecular complexity index is 650. The fourth-order valence-corrected chi connectivity index (χ4v) is 1.69. The molecular formula is C14H14O3. The molecule has 0 aliphatic carbocycles. The molecule has 3 heteroatoms. The van der Waals surface area contributed by atoms with E-state index in [9.17, 15) is 4.79 Å². The largest absolute Gasteiger partial charge is 0.497 e. The van der Waals surface area contributed by atoms with Crippen LogP contribution in [-0.4, -0.2) is 18.2 Å². The highest BCUT2D eigenvalue weighted by Crippen LogP contribution is 2.25. The first-order chi connectivity index (χ1) is 9.32. The van der Waals surface area contributed by atoms with Crippen molar-refractivity contribution in [1.29, 1.82) is 0 Å². The van der Waals surface area contributed by atoms with E-state index in [0.29, 0.717) is 5.75 Å². The van der Waals surface area contributed by atoms with Gasteiger partial charge >= 0.3 is 5.97 Å². The summed E-state index contributed by atoms with van der Waals surface area (Å²) in [7, 11) is 1.56.